The van der Waals surface area contributed by atoms with E-state index in [1.54, 1.807) is 12.1 Å². The summed E-state index contributed by atoms with van der Waals surface area (Å²) in [6.07, 6.45) is 0.787. The van der Waals surface area contributed by atoms with E-state index in [-0.39, 0.29) is 17.8 Å². The Labute approximate surface area is 101 Å². The molecule has 0 atom stereocenters. The minimum atomic E-state index is -0.224. The molecule has 0 aliphatic rings. The lowest BCUT2D eigenvalue weighted by Gasteiger charge is -2.09. The highest BCUT2D eigenvalue weighted by Gasteiger charge is 2.01. The lowest BCUT2D eigenvalue weighted by atomic mass is 10.1. The maximum atomic E-state index is 12.6. The fourth-order valence-electron chi connectivity index (χ4n) is 1.46. The number of amides is 1. The highest BCUT2D eigenvalue weighted by molar-refractivity contribution is 5.78. The van der Waals surface area contributed by atoms with Gasteiger partial charge in [0, 0.05) is 6.04 Å². The van der Waals surface area contributed by atoms with Crippen LogP contribution in [0.15, 0.2) is 24.3 Å². The molecule has 0 bridgehead atoms. The molecule has 0 saturated carbocycles. The van der Waals surface area contributed by atoms with E-state index in [2.05, 4.69) is 10.6 Å². The van der Waals surface area contributed by atoms with E-state index < -0.39 is 0 Å². The predicted molar refractivity (Wildman–Crippen MR) is 66.3 cm³/mol. The Morgan fingerprint density at radius 2 is 1.94 bits per heavy atom. The third-order valence-corrected chi connectivity index (χ3v) is 2.24. The van der Waals surface area contributed by atoms with E-state index >= 15 is 0 Å². The van der Waals surface area contributed by atoms with Crippen molar-refractivity contribution in [2.45, 2.75) is 26.3 Å². The first-order chi connectivity index (χ1) is 8.08. The van der Waals surface area contributed by atoms with Gasteiger partial charge in [0.1, 0.15) is 5.82 Å². The maximum absolute atomic E-state index is 12.6. The van der Waals surface area contributed by atoms with Crippen molar-refractivity contribution < 1.29 is 9.18 Å². The smallest absolute Gasteiger partial charge is 0.234 e. The van der Waals surface area contributed by atoms with Gasteiger partial charge >= 0.3 is 0 Å². The third-order valence-electron chi connectivity index (χ3n) is 2.24. The van der Waals surface area contributed by atoms with Gasteiger partial charge in [0.2, 0.25) is 5.91 Å². The molecule has 0 heterocycles. The van der Waals surface area contributed by atoms with Crippen molar-refractivity contribution in [1.29, 1.82) is 0 Å². The predicted octanol–water partition coefficient (Wildman–Crippen LogP) is 1.48. The Bertz CT molecular complexity index is 349. The number of hydrogen-bond donors (Lipinski definition) is 2. The van der Waals surface area contributed by atoms with Gasteiger partial charge in [-0.2, -0.15) is 0 Å². The molecule has 0 aliphatic heterocycles. The minimum Gasteiger partial charge on any atom is -0.353 e. The van der Waals surface area contributed by atoms with Gasteiger partial charge in [-0.25, -0.2) is 4.39 Å². The van der Waals surface area contributed by atoms with E-state index in [9.17, 15) is 9.18 Å². The number of nitrogens with one attached hydrogen (secondary N) is 2. The van der Waals surface area contributed by atoms with Crippen molar-refractivity contribution in [1.82, 2.24) is 10.6 Å². The minimum absolute atomic E-state index is 0.000828. The highest BCUT2D eigenvalue weighted by atomic mass is 19.1. The fraction of sp³-hybridized carbons (Fsp3) is 0.462. The van der Waals surface area contributed by atoms with Crippen LogP contribution in [-0.4, -0.2) is 25.0 Å². The van der Waals surface area contributed by atoms with Crippen LogP contribution in [0, 0.1) is 5.82 Å². The summed E-state index contributed by atoms with van der Waals surface area (Å²) in [6.45, 7) is 4.88. The second-order valence-corrected chi connectivity index (χ2v) is 4.28. The van der Waals surface area contributed by atoms with E-state index in [1.807, 2.05) is 13.8 Å². The third kappa shape index (κ3) is 6.02. The zero-order valence-corrected chi connectivity index (χ0v) is 10.3. The quantitative estimate of drug-likeness (QED) is 0.737. The number of halogens is 1. The van der Waals surface area contributed by atoms with Crippen LogP contribution < -0.4 is 10.6 Å². The van der Waals surface area contributed by atoms with Crippen molar-refractivity contribution in [3.8, 4) is 0 Å². The molecule has 1 amide bonds. The highest BCUT2D eigenvalue weighted by Crippen LogP contribution is 2.02. The summed E-state index contributed by atoms with van der Waals surface area (Å²) in [6, 6.07) is 6.57. The van der Waals surface area contributed by atoms with E-state index in [0.29, 0.717) is 13.1 Å². The Balaban J connectivity index is 2.16. The molecule has 0 radical (unpaired) electrons. The van der Waals surface area contributed by atoms with Gasteiger partial charge in [-0.3, -0.25) is 4.79 Å². The van der Waals surface area contributed by atoms with Crippen LogP contribution in [0.1, 0.15) is 19.4 Å². The van der Waals surface area contributed by atoms with Gasteiger partial charge in [0.25, 0.3) is 0 Å². The number of hydrogen-bond acceptors (Lipinski definition) is 2. The van der Waals surface area contributed by atoms with Crippen molar-refractivity contribution in [3.05, 3.63) is 35.6 Å². The van der Waals surface area contributed by atoms with E-state index in [4.69, 9.17) is 0 Å². The standard InChI is InChI=1S/C13H19FN2O/c1-10(2)16-13(17)9-15-8-7-11-3-5-12(14)6-4-11/h3-6,10,15H,7-9H2,1-2H3,(H,16,17). The summed E-state index contributed by atoms with van der Waals surface area (Å²) in [4.78, 5) is 11.3. The molecule has 0 fully saturated rings. The summed E-state index contributed by atoms with van der Waals surface area (Å²) in [5.41, 5.74) is 1.06. The molecule has 17 heavy (non-hydrogen) atoms. The molecule has 0 spiro atoms. The van der Waals surface area contributed by atoms with Crippen molar-refractivity contribution in [2.75, 3.05) is 13.1 Å². The van der Waals surface area contributed by atoms with Crippen LogP contribution in [0.5, 0.6) is 0 Å². The second-order valence-electron chi connectivity index (χ2n) is 4.28. The van der Waals surface area contributed by atoms with Crippen LogP contribution in [0.4, 0.5) is 4.39 Å². The van der Waals surface area contributed by atoms with Gasteiger partial charge in [-0.05, 0) is 44.5 Å². The van der Waals surface area contributed by atoms with Gasteiger partial charge < -0.3 is 10.6 Å². The Morgan fingerprint density at radius 3 is 2.53 bits per heavy atom. The molecule has 0 saturated heterocycles. The molecule has 94 valence electrons. The Kier molecular flexibility index (Phi) is 5.63. The number of benzene rings is 1. The average molecular weight is 238 g/mol. The van der Waals surface area contributed by atoms with Crippen molar-refractivity contribution in [3.63, 3.8) is 0 Å². The summed E-state index contributed by atoms with van der Waals surface area (Å²) < 4.78 is 12.6. The summed E-state index contributed by atoms with van der Waals surface area (Å²) >= 11 is 0. The molecule has 0 aromatic heterocycles. The van der Waals surface area contributed by atoms with Crippen LogP contribution in [0.3, 0.4) is 0 Å². The lowest BCUT2D eigenvalue weighted by molar-refractivity contribution is -0.120. The van der Waals surface area contributed by atoms with Crippen molar-refractivity contribution in [2.24, 2.45) is 0 Å². The second kappa shape index (κ2) is 7.01. The lowest BCUT2D eigenvalue weighted by Crippen LogP contribution is -2.38. The Hall–Kier alpha value is -1.42. The molecule has 0 aliphatic carbocycles. The molecule has 1 aromatic rings. The summed E-state index contributed by atoms with van der Waals surface area (Å²) in [7, 11) is 0. The number of rotatable bonds is 6. The molecular weight excluding hydrogens is 219 g/mol. The van der Waals surface area contributed by atoms with Crippen LogP contribution >= 0.6 is 0 Å². The number of carbonyl (C=O) groups is 1. The van der Waals surface area contributed by atoms with Crippen LogP contribution in [-0.2, 0) is 11.2 Å². The molecule has 1 aromatic carbocycles. The van der Waals surface area contributed by atoms with Crippen LogP contribution in [0.25, 0.3) is 0 Å². The molecule has 4 heteroatoms. The molecule has 1 rings (SSSR count). The number of carbonyl (C=O) groups excluding carboxylic acids is 1. The van der Waals surface area contributed by atoms with E-state index in [1.165, 1.54) is 12.1 Å². The molecular formula is C13H19FN2O. The van der Waals surface area contributed by atoms with Gasteiger partial charge in [-0.15, -0.1) is 0 Å². The maximum Gasteiger partial charge on any atom is 0.234 e. The first-order valence-corrected chi connectivity index (χ1v) is 5.82. The summed E-state index contributed by atoms with van der Waals surface area (Å²) in [5.74, 6) is -0.225. The van der Waals surface area contributed by atoms with E-state index in [0.717, 1.165) is 12.0 Å². The average Bonchev–Trinajstić information content (AvgIpc) is 2.26. The van der Waals surface area contributed by atoms with Gasteiger partial charge in [-0.1, -0.05) is 12.1 Å². The zero-order valence-electron chi connectivity index (χ0n) is 10.3. The topological polar surface area (TPSA) is 41.1 Å². The van der Waals surface area contributed by atoms with Gasteiger partial charge in [0.05, 0.1) is 6.54 Å². The molecule has 0 unspecified atom stereocenters. The summed E-state index contributed by atoms with van der Waals surface area (Å²) in [5, 5.41) is 5.85. The van der Waals surface area contributed by atoms with Gasteiger partial charge in [0.15, 0.2) is 0 Å². The van der Waals surface area contributed by atoms with Crippen LogP contribution in [0.2, 0.25) is 0 Å². The zero-order chi connectivity index (χ0) is 12.7. The first-order valence-electron chi connectivity index (χ1n) is 5.82. The first kappa shape index (κ1) is 13.6. The fourth-order valence-corrected chi connectivity index (χ4v) is 1.46. The molecule has 3 nitrogen and oxygen atoms in total. The largest absolute Gasteiger partial charge is 0.353 e. The molecule has 2 N–H and O–H groups in total. The Morgan fingerprint density at radius 1 is 1.29 bits per heavy atom. The SMILES string of the molecule is CC(C)NC(=O)CNCCc1ccc(F)cc1. The monoisotopic (exact) mass is 238 g/mol. The normalized spacial score (nSPS) is 10.6. The van der Waals surface area contributed by atoms with Crippen molar-refractivity contribution >= 4 is 5.91 Å².